The van der Waals surface area contributed by atoms with Crippen molar-refractivity contribution in [3.8, 4) is 0 Å². The van der Waals surface area contributed by atoms with Gasteiger partial charge in [0, 0.05) is 44.9 Å². The maximum atomic E-state index is 13.6. The quantitative estimate of drug-likeness (QED) is 0.481. The molecule has 4 fully saturated rings. The Labute approximate surface area is 220 Å². The molecular weight excluding hydrogens is 481 g/mol. The molecule has 1 aromatic rings. The van der Waals surface area contributed by atoms with Crippen molar-refractivity contribution in [3.05, 3.63) is 33.8 Å². The Kier molecular flexibility index (Phi) is 7.96. The Bertz CT molecular complexity index is 923. The van der Waals surface area contributed by atoms with Gasteiger partial charge in [0.05, 0.1) is 16.1 Å². The molecule has 35 heavy (non-hydrogen) atoms. The second-order valence-electron chi connectivity index (χ2n) is 11.5. The molecule has 2 heterocycles. The third-order valence-electron chi connectivity index (χ3n) is 8.95. The van der Waals surface area contributed by atoms with Gasteiger partial charge in [0.25, 0.3) is 0 Å². The second kappa shape index (κ2) is 11.0. The largest absolute Gasteiger partial charge is 0.340 e. The summed E-state index contributed by atoms with van der Waals surface area (Å²) in [5.74, 6) is 2.01. The summed E-state index contributed by atoms with van der Waals surface area (Å²) in [6.07, 6.45) is 10.0. The number of likely N-dealkylation sites (N-methyl/N-ethyl adjacent to an activating group) is 1. The lowest BCUT2D eigenvalue weighted by Gasteiger charge is -2.33. The number of rotatable bonds is 7. The van der Waals surface area contributed by atoms with Gasteiger partial charge in [-0.15, -0.1) is 0 Å². The van der Waals surface area contributed by atoms with Gasteiger partial charge in [-0.25, -0.2) is 0 Å². The van der Waals surface area contributed by atoms with Gasteiger partial charge >= 0.3 is 0 Å². The molecule has 0 unspecified atom stereocenters. The van der Waals surface area contributed by atoms with E-state index in [0.717, 1.165) is 50.3 Å². The third kappa shape index (κ3) is 5.99. The Balaban J connectivity index is 1.28. The molecule has 2 aliphatic carbocycles. The SMILES string of the molecule is CN(C(=O)CC1CCCC1)[C@H]1CN(C(=O)C2CCN(CC3CC3)CC2)C[C@@H]1c1ccc(Cl)c(Cl)c1. The van der Waals surface area contributed by atoms with E-state index < -0.39 is 0 Å². The number of benzene rings is 1. The van der Waals surface area contributed by atoms with E-state index in [0.29, 0.717) is 35.5 Å². The van der Waals surface area contributed by atoms with Crippen molar-refractivity contribution in [2.75, 3.05) is 39.8 Å². The van der Waals surface area contributed by atoms with E-state index in [1.807, 2.05) is 35.0 Å². The summed E-state index contributed by atoms with van der Waals surface area (Å²) in [5, 5.41) is 1.05. The van der Waals surface area contributed by atoms with Gasteiger partial charge in [-0.2, -0.15) is 0 Å². The van der Waals surface area contributed by atoms with E-state index >= 15 is 0 Å². The molecule has 5 nitrogen and oxygen atoms in total. The molecule has 7 heteroatoms. The molecule has 0 aromatic heterocycles. The van der Waals surface area contributed by atoms with E-state index in [9.17, 15) is 9.59 Å². The summed E-state index contributed by atoms with van der Waals surface area (Å²) < 4.78 is 0. The monoisotopic (exact) mass is 519 g/mol. The average Bonchev–Trinajstić information content (AvgIpc) is 3.32. The van der Waals surface area contributed by atoms with Crippen molar-refractivity contribution >= 4 is 35.0 Å². The van der Waals surface area contributed by atoms with Gasteiger partial charge in [-0.05, 0) is 81.1 Å². The zero-order chi connectivity index (χ0) is 24.5. The van der Waals surface area contributed by atoms with Crippen LogP contribution in [-0.2, 0) is 9.59 Å². The van der Waals surface area contributed by atoms with Crippen LogP contribution in [0.3, 0.4) is 0 Å². The summed E-state index contributed by atoms with van der Waals surface area (Å²) in [6, 6.07) is 5.71. The zero-order valence-corrected chi connectivity index (χ0v) is 22.4. The molecule has 2 atom stereocenters. The van der Waals surface area contributed by atoms with Gasteiger partial charge in [0.15, 0.2) is 0 Å². The molecule has 5 rings (SSSR count). The Morgan fingerprint density at radius 3 is 2.31 bits per heavy atom. The zero-order valence-electron chi connectivity index (χ0n) is 20.9. The van der Waals surface area contributed by atoms with Crippen LogP contribution < -0.4 is 0 Å². The first kappa shape index (κ1) is 25.4. The van der Waals surface area contributed by atoms with Crippen molar-refractivity contribution in [1.82, 2.24) is 14.7 Å². The third-order valence-corrected chi connectivity index (χ3v) is 9.69. The summed E-state index contributed by atoms with van der Waals surface area (Å²) in [7, 11) is 1.93. The van der Waals surface area contributed by atoms with Crippen LogP contribution >= 0.6 is 23.2 Å². The number of hydrogen-bond acceptors (Lipinski definition) is 3. The maximum absolute atomic E-state index is 13.6. The molecular formula is C28H39Cl2N3O2. The number of halogens is 2. The molecule has 0 radical (unpaired) electrons. The summed E-state index contributed by atoms with van der Waals surface area (Å²) >= 11 is 12.6. The minimum absolute atomic E-state index is 0.0416. The van der Waals surface area contributed by atoms with E-state index in [4.69, 9.17) is 23.2 Å². The first-order chi connectivity index (χ1) is 16.9. The minimum Gasteiger partial charge on any atom is -0.340 e. The Morgan fingerprint density at radius 2 is 1.66 bits per heavy atom. The fraction of sp³-hybridized carbons (Fsp3) is 0.714. The molecule has 2 amide bonds. The predicted octanol–water partition coefficient (Wildman–Crippen LogP) is 5.45. The number of piperidine rings is 1. The standard InChI is InChI=1S/C28H39Cl2N3O2/c1-31(27(34)14-19-4-2-3-5-19)26-18-33(17-23(26)22-8-9-24(29)25(30)15-22)28(35)21-10-12-32(13-11-21)16-20-6-7-20/h8-9,15,19-21,23,26H,2-7,10-14,16-18H2,1H3/t23-,26+/m1/s1. The molecule has 4 aliphatic rings. The van der Waals surface area contributed by atoms with E-state index in [1.165, 1.54) is 32.2 Å². The molecule has 2 aliphatic heterocycles. The second-order valence-corrected chi connectivity index (χ2v) is 12.3. The van der Waals surface area contributed by atoms with Crippen molar-refractivity contribution in [2.45, 2.75) is 69.7 Å². The lowest BCUT2D eigenvalue weighted by Crippen LogP contribution is -2.44. The van der Waals surface area contributed by atoms with Gasteiger partial charge in [-0.1, -0.05) is 42.1 Å². The van der Waals surface area contributed by atoms with Crippen molar-refractivity contribution < 1.29 is 9.59 Å². The highest BCUT2D eigenvalue weighted by Crippen LogP contribution is 2.37. The highest BCUT2D eigenvalue weighted by molar-refractivity contribution is 6.42. The van der Waals surface area contributed by atoms with E-state index in [2.05, 4.69) is 4.90 Å². The smallest absolute Gasteiger partial charge is 0.225 e. The summed E-state index contributed by atoms with van der Waals surface area (Å²) in [4.78, 5) is 33.4. The summed E-state index contributed by atoms with van der Waals surface area (Å²) in [6.45, 7) is 4.49. The van der Waals surface area contributed by atoms with Crippen molar-refractivity contribution in [1.29, 1.82) is 0 Å². The van der Waals surface area contributed by atoms with Crippen LogP contribution in [0.25, 0.3) is 0 Å². The van der Waals surface area contributed by atoms with E-state index in [-0.39, 0.29) is 29.7 Å². The topological polar surface area (TPSA) is 43.9 Å². The van der Waals surface area contributed by atoms with Gasteiger partial charge < -0.3 is 14.7 Å². The lowest BCUT2D eigenvalue weighted by molar-refractivity contribution is -0.137. The van der Waals surface area contributed by atoms with Gasteiger partial charge in [0.2, 0.25) is 11.8 Å². The number of carbonyl (C=O) groups is 2. The first-order valence-electron chi connectivity index (χ1n) is 13.6. The minimum atomic E-state index is -0.0416. The number of amides is 2. The normalized spacial score (nSPS) is 26.4. The number of nitrogens with zero attached hydrogens (tertiary/aromatic N) is 3. The molecule has 192 valence electrons. The lowest BCUT2D eigenvalue weighted by atomic mass is 9.92. The molecule has 0 spiro atoms. The Morgan fingerprint density at radius 1 is 0.943 bits per heavy atom. The van der Waals surface area contributed by atoms with Gasteiger partial charge in [0.1, 0.15) is 0 Å². The van der Waals surface area contributed by atoms with Crippen LogP contribution in [0.5, 0.6) is 0 Å². The Hall–Kier alpha value is -1.30. The molecule has 2 saturated heterocycles. The van der Waals surface area contributed by atoms with Crippen molar-refractivity contribution in [3.63, 3.8) is 0 Å². The fourth-order valence-corrected chi connectivity index (χ4v) is 6.81. The van der Waals surface area contributed by atoms with Crippen LogP contribution in [0.1, 0.15) is 69.3 Å². The molecule has 0 N–H and O–H groups in total. The fourth-order valence-electron chi connectivity index (χ4n) is 6.51. The van der Waals surface area contributed by atoms with Crippen LogP contribution in [0.4, 0.5) is 0 Å². The average molecular weight is 521 g/mol. The number of hydrogen-bond donors (Lipinski definition) is 0. The highest BCUT2D eigenvalue weighted by atomic mass is 35.5. The highest BCUT2D eigenvalue weighted by Gasteiger charge is 2.42. The van der Waals surface area contributed by atoms with Crippen LogP contribution in [0.2, 0.25) is 10.0 Å². The molecule has 0 bridgehead atoms. The van der Waals surface area contributed by atoms with Crippen molar-refractivity contribution in [2.24, 2.45) is 17.8 Å². The van der Waals surface area contributed by atoms with E-state index in [1.54, 1.807) is 0 Å². The first-order valence-corrected chi connectivity index (χ1v) is 14.4. The molecule has 1 aromatic carbocycles. The number of likely N-dealkylation sites (tertiary alicyclic amines) is 2. The number of carbonyl (C=O) groups excluding carboxylic acids is 2. The maximum Gasteiger partial charge on any atom is 0.225 e. The van der Waals surface area contributed by atoms with Crippen LogP contribution in [0, 0.1) is 17.8 Å². The summed E-state index contributed by atoms with van der Waals surface area (Å²) in [5.41, 5.74) is 1.06. The van der Waals surface area contributed by atoms with Crippen LogP contribution in [0.15, 0.2) is 18.2 Å². The molecule has 2 saturated carbocycles. The van der Waals surface area contributed by atoms with Gasteiger partial charge in [-0.3, -0.25) is 9.59 Å². The van der Waals surface area contributed by atoms with Crippen LogP contribution in [-0.4, -0.2) is 72.3 Å². The predicted molar refractivity (Wildman–Crippen MR) is 141 cm³/mol.